The Labute approximate surface area is 304 Å². The summed E-state index contributed by atoms with van der Waals surface area (Å²) in [7, 11) is 1.78. The number of ether oxygens (including phenoxy) is 5. The molecule has 4 aliphatic rings. The number of benzene rings is 1. The van der Waals surface area contributed by atoms with E-state index >= 15 is 0 Å². The summed E-state index contributed by atoms with van der Waals surface area (Å²) in [5, 5.41) is 3.20. The van der Waals surface area contributed by atoms with Crippen molar-refractivity contribution in [1.82, 2.24) is 10.3 Å². The fraction of sp³-hybridized carbons (Fsp3) is 0.550. The molecule has 2 aromatic rings. The Morgan fingerprint density at radius 3 is 2.27 bits per heavy atom. The minimum atomic E-state index is -1.17. The normalized spacial score (nSPS) is 32.4. The molecular formula is C40H48N2O10. The van der Waals surface area contributed by atoms with Crippen molar-refractivity contribution in [3.8, 4) is 0 Å². The molecule has 6 rings (SSSR count). The third kappa shape index (κ3) is 6.67. The van der Waals surface area contributed by atoms with Crippen molar-refractivity contribution >= 4 is 29.7 Å². The van der Waals surface area contributed by atoms with Gasteiger partial charge in [-0.05, 0) is 61.1 Å². The summed E-state index contributed by atoms with van der Waals surface area (Å²) in [6, 6.07) is 12.5. The van der Waals surface area contributed by atoms with Crippen molar-refractivity contribution in [2.45, 2.75) is 103 Å². The average Bonchev–Trinajstić information content (AvgIpc) is 3.89. The molecule has 52 heavy (non-hydrogen) atoms. The lowest BCUT2D eigenvalue weighted by Crippen LogP contribution is -2.68. The molecule has 2 saturated carbocycles. The zero-order valence-electron chi connectivity index (χ0n) is 30.8. The van der Waals surface area contributed by atoms with Crippen LogP contribution in [0.25, 0.3) is 0 Å². The maximum atomic E-state index is 14.0. The molecule has 1 saturated heterocycles. The fourth-order valence-corrected chi connectivity index (χ4v) is 9.41. The number of hydrogen-bond acceptors (Lipinski definition) is 12. The third-order valence-electron chi connectivity index (χ3n) is 11.9. The second-order valence-electron chi connectivity index (χ2n) is 15.4. The van der Waals surface area contributed by atoms with Gasteiger partial charge in [0.15, 0.2) is 11.9 Å². The molecule has 1 aliphatic heterocycles. The summed E-state index contributed by atoms with van der Waals surface area (Å²) < 4.78 is 31.6. The zero-order valence-corrected chi connectivity index (χ0v) is 30.8. The number of epoxide rings is 1. The molecule has 1 spiro atoms. The predicted molar refractivity (Wildman–Crippen MR) is 186 cm³/mol. The molecule has 2 heterocycles. The number of nitrogens with zero attached hydrogens (tertiary/aromatic N) is 1. The summed E-state index contributed by atoms with van der Waals surface area (Å²) in [4.78, 5) is 71.6. The Kier molecular flexibility index (Phi) is 10.2. The van der Waals surface area contributed by atoms with Gasteiger partial charge in [0.1, 0.15) is 23.9 Å². The number of carbonyl (C=O) groups is 5. The first-order valence-corrected chi connectivity index (χ1v) is 17.9. The number of nitrogens with one attached hydrogen (secondary N) is 1. The van der Waals surface area contributed by atoms with E-state index in [4.69, 9.17) is 23.7 Å². The van der Waals surface area contributed by atoms with Crippen LogP contribution in [0.15, 0.2) is 66.0 Å². The van der Waals surface area contributed by atoms with Crippen molar-refractivity contribution in [3.63, 3.8) is 0 Å². The van der Waals surface area contributed by atoms with Crippen LogP contribution in [0.2, 0.25) is 0 Å². The van der Waals surface area contributed by atoms with Gasteiger partial charge < -0.3 is 29.0 Å². The van der Waals surface area contributed by atoms with Crippen molar-refractivity contribution in [3.05, 3.63) is 77.1 Å². The Morgan fingerprint density at radius 1 is 0.981 bits per heavy atom. The van der Waals surface area contributed by atoms with E-state index in [0.29, 0.717) is 24.0 Å². The molecule has 12 heteroatoms. The Morgan fingerprint density at radius 2 is 1.67 bits per heavy atom. The van der Waals surface area contributed by atoms with Crippen LogP contribution < -0.4 is 5.32 Å². The summed E-state index contributed by atoms with van der Waals surface area (Å²) in [6.07, 6.45) is -0.349. The number of allylic oxidation sites excluding steroid dienone is 1. The monoisotopic (exact) mass is 716 g/mol. The van der Waals surface area contributed by atoms with Gasteiger partial charge in [-0.2, -0.15) is 0 Å². The molecular weight excluding hydrogens is 668 g/mol. The van der Waals surface area contributed by atoms with E-state index in [1.54, 1.807) is 26.1 Å². The molecule has 0 unspecified atom stereocenters. The molecule has 1 aromatic carbocycles. The van der Waals surface area contributed by atoms with Gasteiger partial charge in [-0.1, -0.05) is 51.1 Å². The van der Waals surface area contributed by atoms with Crippen molar-refractivity contribution in [1.29, 1.82) is 0 Å². The lowest BCUT2D eigenvalue weighted by Gasteiger charge is -2.60. The molecule has 278 valence electrons. The van der Waals surface area contributed by atoms with Crippen LogP contribution in [-0.4, -0.2) is 78.3 Å². The number of pyridine rings is 1. The second kappa shape index (κ2) is 14.2. The third-order valence-corrected chi connectivity index (χ3v) is 11.9. The molecule has 9 atom stereocenters. The second-order valence-corrected chi connectivity index (χ2v) is 15.4. The molecule has 2 bridgehead atoms. The maximum absolute atomic E-state index is 14.0. The van der Waals surface area contributed by atoms with Crippen LogP contribution in [0.5, 0.6) is 0 Å². The maximum Gasteiger partial charge on any atom is 0.340 e. The standard InChI is InChI=1S/C40H48N2O10/c1-22-29(45)18-27-33(49-23(2)43)35-39(6,16-15-30(40(35)21-48-40)51-31(46)19-28(41-7)25-12-9-8-10-13-25)36(52-37(47)26-14-11-17-42-20-26)34(50-24(3)44)32(22)38(27,4)5/h8-14,17,20,27-28,30,33-36,41H,15-16,18-19,21H2,1-7H3/t27-,28+,30-,33+,34+,35-,36-,39-,40-/m0/s1. The molecule has 0 amide bonds. The summed E-state index contributed by atoms with van der Waals surface area (Å²) in [5.41, 5.74) is -1.09. The Balaban J connectivity index is 1.48. The van der Waals surface area contributed by atoms with Gasteiger partial charge in [-0.3, -0.25) is 24.2 Å². The van der Waals surface area contributed by atoms with Gasteiger partial charge in [0.2, 0.25) is 0 Å². The summed E-state index contributed by atoms with van der Waals surface area (Å²) in [5.74, 6) is -3.85. The first-order chi connectivity index (χ1) is 24.6. The van der Waals surface area contributed by atoms with E-state index in [2.05, 4.69) is 10.3 Å². The number of carbonyl (C=O) groups excluding carboxylic acids is 5. The lowest BCUT2D eigenvalue weighted by molar-refractivity contribution is -0.220. The van der Waals surface area contributed by atoms with Crippen LogP contribution in [0.3, 0.4) is 0 Å². The molecule has 1 aromatic heterocycles. The SMILES string of the molecule is CN[C@H](CC(=O)O[C@H]1CC[C@]2(C)[C@@H](OC(=O)c3cccnc3)[C@H](OC(C)=O)C3=C(C)C(=O)C[C@@H]([C@@H](OC(C)=O)[C@@H]2[C@]12CO2)C3(C)C)c1ccccc1. The number of ketones is 1. The van der Waals surface area contributed by atoms with Crippen LogP contribution >= 0.6 is 0 Å². The lowest BCUT2D eigenvalue weighted by atomic mass is 9.48. The zero-order chi connectivity index (χ0) is 37.6. The van der Waals surface area contributed by atoms with Crippen LogP contribution in [-0.2, 0) is 42.9 Å². The van der Waals surface area contributed by atoms with Gasteiger partial charge in [0.25, 0.3) is 0 Å². The summed E-state index contributed by atoms with van der Waals surface area (Å²) in [6.45, 7) is 10.2. The molecule has 3 aliphatic carbocycles. The molecule has 0 radical (unpaired) electrons. The van der Waals surface area contributed by atoms with Gasteiger partial charge in [-0.25, -0.2) is 4.79 Å². The number of Topliss-reactive ketones (excluding diaryl/α,β-unsaturated/α-hetero) is 1. The molecule has 3 fully saturated rings. The van der Waals surface area contributed by atoms with Crippen LogP contribution in [0.1, 0.15) is 89.2 Å². The van der Waals surface area contributed by atoms with Gasteiger partial charge in [0.05, 0.1) is 18.6 Å². The minimum absolute atomic E-state index is 0.0554. The van der Waals surface area contributed by atoms with E-state index in [0.717, 1.165) is 5.56 Å². The number of rotatable bonds is 9. The van der Waals surface area contributed by atoms with E-state index in [-0.39, 0.29) is 36.8 Å². The highest BCUT2D eigenvalue weighted by molar-refractivity contribution is 5.97. The predicted octanol–water partition coefficient (Wildman–Crippen LogP) is 4.86. The number of hydrogen-bond donors (Lipinski definition) is 1. The Hall–Kier alpha value is -4.42. The highest BCUT2D eigenvalue weighted by atomic mass is 16.6. The minimum Gasteiger partial charge on any atom is -0.462 e. The largest absolute Gasteiger partial charge is 0.462 e. The molecule has 1 N–H and O–H groups in total. The number of fused-ring (bicyclic) bond motifs is 4. The topological polar surface area (TPSA) is 160 Å². The smallest absolute Gasteiger partial charge is 0.340 e. The first-order valence-electron chi connectivity index (χ1n) is 17.9. The van der Waals surface area contributed by atoms with Crippen molar-refractivity contribution in [2.75, 3.05) is 13.7 Å². The quantitative estimate of drug-likeness (QED) is 0.214. The highest BCUT2D eigenvalue weighted by Crippen LogP contribution is 2.65. The van der Waals surface area contributed by atoms with E-state index in [9.17, 15) is 24.0 Å². The fourth-order valence-electron chi connectivity index (χ4n) is 9.41. The van der Waals surface area contributed by atoms with Crippen LogP contribution in [0.4, 0.5) is 0 Å². The van der Waals surface area contributed by atoms with E-state index < -0.39 is 76.6 Å². The van der Waals surface area contributed by atoms with E-state index in [1.165, 1.54) is 26.2 Å². The van der Waals surface area contributed by atoms with Gasteiger partial charge >= 0.3 is 23.9 Å². The number of esters is 4. The average molecular weight is 717 g/mol. The summed E-state index contributed by atoms with van der Waals surface area (Å²) >= 11 is 0. The van der Waals surface area contributed by atoms with E-state index in [1.807, 2.05) is 51.1 Å². The van der Waals surface area contributed by atoms with Crippen molar-refractivity contribution < 1.29 is 47.7 Å². The van der Waals surface area contributed by atoms with Gasteiger partial charge in [0, 0.05) is 56.0 Å². The molecule has 12 nitrogen and oxygen atoms in total. The first kappa shape index (κ1) is 37.3. The van der Waals surface area contributed by atoms with Gasteiger partial charge in [-0.15, -0.1) is 0 Å². The van der Waals surface area contributed by atoms with Crippen LogP contribution in [0, 0.1) is 22.7 Å². The highest BCUT2D eigenvalue weighted by Gasteiger charge is 2.74. The van der Waals surface area contributed by atoms with Crippen molar-refractivity contribution in [2.24, 2.45) is 22.7 Å². The number of aromatic nitrogens is 1. The Bertz CT molecular complexity index is 1750.